The van der Waals surface area contributed by atoms with Gasteiger partial charge in [0.2, 0.25) is 12.7 Å². The molecule has 1 aliphatic heterocycles. The molecule has 2 heterocycles. The molecule has 0 saturated carbocycles. The Bertz CT molecular complexity index is 976. The number of aromatic nitrogens is 2. The van der Waals surface area contributed by atoms with Crippen molar-refractivity contribution in [3.63, 3.8) is 0 Å². The van der Waals surface area contributed by atoms with E-state index in [1.807, 2.05) is 53.2 Å². The first-order valence-corrected chi connectivity index (χ1v) is 9.63. The van der Waals surface area contributed by atoms with Crippen LogP contribution in [0.4, 0.5) is 0 Å². The van der Waals surface area contributed by atoms with Gasteiger partial charge in [0.05, 0.1) is 5.75 Å². The first kappa shape index (κ1) is 17.8. The van der Waals surface area contributed by atoms with Crippen molar-refractivity contribution < 1.29 is 14.3 Å². The van der Waals surface area contributed by atoms with E-state index in [-0.39, 0.29) is 18.5 Å². The van der Waals surface area contributed by atoms with Crippen molar-refractivity contribution in [2.75, 3.05) is 12.5 Å². The van der Waals surface area contributed by atoms with Gasteiger partial charge in [-0.05, 0) is 35.9 Å². The number of hydrogen-bond donors (Lipinski definition) is 1. The van der Waals surface area contributed by atoms with Gasteiger partial charge in [-0.2, -0.15) is 0 Å². The summed E-state index contributed by atoms with van der Waals surface area (Å²) in [4.78, 5) is 16.5. The summed E-state index contributed by atoms with van der Waals surface area (Å²) in [6.45, 7) is 0.666. The lowest BCUT2D eigenvalue weighted by atomic mass is 10.2. The number of imidazole rings is 1. The number of thioether (sulfide) groups is 1. The molecule has 0 radical (unpaired) electrons. The molecule has 1 aromatic heterocycles. The number of carbonyl (C=O) groups is 1. The van der Waals surface area contributed by atoms with Gasteiger partial charge < -0.3 is 14.8 Å². The fourth-order valence-corrected chi connectivity index (χ4v) is 3.64. The fraction of sp³-hybridized carbons (Fsp3) is 0.158. The van der Waals surface area contributed by atoms with Crippen LogP contribution in [0.5, 0.6) is 11.5 Å². The minimum Gasteiger partial charge on any atom is -0.454 e. The average molecular weight is 402 g/mol. The molecule has 0 unspecified atom stereocenters. The second kappa shape index (κ2) is 7.94. The Morgan fingerprint density at radius 2 is 2.11 bits per heavy atom. The van der Waals surface area contributed by atoms with E-state index in [0.29, 0.717) is 17.3 Å². The van der Waals surface area contributed by atoms with Crippen LogP contribution in [0.25, 0.3) is 5.69 Å². The van der Waals surface area contributed by atoms with Crippen LogP contribution in [0.1, 0.15) is 5.56 Å². The fourth-order valence-electron chi connectivity index (χ4n) is 2.65. The van der Waals surface area contributed by atoms with E-state index in [0.717, 1.165) is 22.2 Å². The zero-order valence-corrected chi connectivity index (χ0v) is 15.8. The van der Waals surface area contributed by atoms with E-state index in [9.17, 15) is 4.79 Å². The van der Waals surface area contributed by atoms with E-state index >= 15 is 0 Å². The average Bonchev–Trinajstić information content (AvgIpc) is 3.33. The molecule has 1 amide bonds. The molecule has 0 fully saturated rings. The number of halogens is 1. The largest absolute Gasteiger partial charge is 0.454 e. The summed E-state index contributed by atoms with van der Waals surface area (Å²) in [6, 6.07) is 13.1. The standard InChI is InChI=1S/C19H16ClN3O3S/c20-14-2-1-3-15(9-14)23-7-6-21-19(23)27-11-18(24)22-10-13-4-5-16-17(8-13)26-12-25-16/h1-9H,10-12H2,(H,22,24). The van der Waals surface area contributed by atoms with Gasteiger partial charge in [-0.25, -0.2) is 4.98 Å². The predicted octanol–water partition coefficient (Wildman–Crippen LogP) is 3.66. The van der Waals surface area contributed by atoms with Gasteiger partial charge in [0.1, 0.15) is 0 Å². The van der Waals surface area contributed by atoms with Crippen LogP contribution in [0, 0.1) is 0 Å². The molecule has 0 aliphatic carbocycles. The molecule has 6 nitrogen and oxygen atoms in total. The minimum atomic E-state index is -0.0710. The Kier molecular flexibility index (Phi) is 5.22. The molecule has 4 rings (SSSR count). The number of fused-ring (bicyclic) bond motifs is 1. The Morgan fingerprint density at radius 1 is 1.22 bits per heavy atom. The number of hydrogen-bond acceptors (Lipinski definition) is 5. The second-order valence-electron chi connectivity index (χ2n) is 5.81. The molecule has 0 saturated heterocycles. The summed E-state index contributed by atoms with van der Waals surface area (Å²) in [5, 5.41) is 4.29. The molecule has 3 aromatic rings. The highest BCUT2D eigenvalue weighted by atomic mass is 35.5. The highest BCUT2D eigenvalue weighted by molar-refractivity contribution is 7.99. The Morgan fingerprint density at radius 3 is 3.00 bits per heavy atom. The number of nitrogens with zero attached hydrogens (tertiary/aromatic N) is 2. The summed E-state index contributed by atoms with van der Waals surface area (Å²) < 4.78 is 12.5. The number of carbonyl (C=O) groups excluding carboxylic acids is 1. The Balaban J connectivity index is 1.33. The topological polar surface area (TPSA) is 65.4 Å². The summed E-state index contributed by atoms with van der Waals surface area (Å²) in [5.74, 6) is 1.63. The zero-order chi connectivity index (χ0) is 18.6. The highest BCUT2D eigenvalue weighted by Gasteiger charge is 2.14. The maximum Gasteiger partial charge on any atom is 0.231 e. The SMILES string of the molecule is O=C(CSc1nccn1-c1cccc(Cl)c1)NCc1ccc2c(c1)OCO2. The smallest absolute Gasteiger partial charge is 0.231 e. The van der Waals surface area contributed by atoms with Crippen molar-refractivity contribution >= 4 is 29.3 Å². The van der Waals surface area contributed by atoms with Gasteiger partial charge in [0.25, 0.3) is 0 Å². The molecule has 138 valence electrons. The molecule has 1 aliphatic rings. The van der Waals surface area contributed by atoms with Crippen molar-refractivity contribution in [1.82, 2.24) is 14.9 Å². The number of benzene rings is 2. The number of nitrogens with one attached hydrogen (secondary N) is 1. The summed E-state index contributed by atoms with van der Waals surface area (Å²) >= 11 is 7.42. The van der Waals surface area contributed by atoms with E-state index in [2.05, 4.69) is 10.3 Å². The molecule has 1 N–H and O–H groups in total. The van der Waals surface area contributed by atoms with Gasteiger partial charge in [-0.3, -0.25) is 9.36 Å². The van der Waals surface area contributed by atoms with Crippen LogP contribution in [-0.4, -0.2) is 28.0 Å². The normalized spacial score (nSPS) is 12.2. The number of rotatable bonds is 6. The lowest BCUT2D eigenvalue weighted by Crippen LogP contribution is -2.24. The molecule has 0 atom stereocenters. The molecule has 27 heavy (non-hydrogen) atoms. The lowest BCUT2D eigenvalue weighted by Gasteiger charge is -2.09. The van der Waals surface area contributed by atoms with Crippen molar-refractivity contribution in [2.45, 2.75) is 11.7 Å². The monoisotopic (exact) mass is 401 g/mol. The predicted molar refractivity (Wildman–Crippen MR) is 104 cm³/mol. The van der Waals surface area contributed by atoms with Gasteiger partial charge in [0.15, 0.2) is 16.7 Å². The van der Waals surface area contributed by atoms with Crippen molar-refractivity contribution in [3.05, 3.63) is 65.4 Å². The highest BCUT2D eigenvalue weighted by Crippen LogP contribution is 2.32. The van der Waals surface area contributed by atoms with Gasteiger partial charge in [-0.15, -0.1) is 0 Å². The van der Waals surface area contributed by atoms with E-state index in [1.54, 1.807) is 6.20 Å². The summed E-state index contributed by atoms with van der Waals surface area (Å²) in [6.07, 6.45) is 3.55. The quantitative estimate of drug-likeness (QED) is 0.638. The van der Waals surface area contributed by atoms with Crippen LogP contribution in [0.2, 0.25) is 5.02 Å². The third-order valence-electron chi connectivity index (χ3n) is 3.95. The molecule has 0 spiro atoms. The van der Waals surface area contributed by atoms with Crippen LogP contribution < -0.4 is 14.8 Å². The van der Waals surface area contributed by atoms with Crippen LogP contribution in [-0.2, 0) is 11.3 Å². The summed E-state index contributed by atoms with van der Waals surface area (Å²) in [5.41, 5.74) is 1.86. The van der Waals surface area contributed by atoms with Crippen LogP contribution >= 0.6 is 23.4 Å². The first-order chi connectivity index (χ1) is 13.2. The minimum absolute atomic E-state index is 0.0710. The molecule has 2 aromatic carbocycles. The van der Waals surface area contributed by atoms with Crippen LogP contribution in [0.3, 0.4) is 0 Å². The maximum absolute atomic E-state index is 12.2. The number of ether oxygens (including phenoxy) is 2. The van der Waals surface area contributed by atoms with Gasteiger partial charge in [0, 0.05) is 29.6 Å². The number of amides is 1. The zero-order valence-electron chi connectivity index (χ0n) is 14.2. The van der Waals surface area contributed by atoms with E-state index < -0.39 is 0 Å². The molecule has 0 bridgehead atoms. The maximum atomic E-state index is 12.2. The van der Waals surface area contributed by atoms with Crippen molar-refractivity contribution in [2.24, 2.45) is 0 Å². The first-order valence-electron chi connectivity index (χ1n) is 8.26. The summed E-state index contributed by atoms with van der Waals surface area (Å²) in [7, 11) is 0. The third kappa shape index (κ3) is 4.20. The Labute approximate surface area is 165 Å². The van der Waals surface area contributed by atoms with E-state index in [4.69, 9.17) is 21.1 Å². The molecule has 8 heteroatoms. The second-order valence-corrected chi connectivity index (χ2v) is 7.19. The Hall–Kier alpha value is -2.64. The van der Waals surface area contributed by atoms with E-state index in [1.165, 1.54) is 11.8 Å². The van der Waals surface area contributed by atoms with Crippen molar-refractivity contribution in [1.29, 1.82) is 0 Å². The lowest BCUT2D eigenvalue weighted by molar-refractivity contribution is -0.118. The van der Waals surface area contributed by atoms with Gasteiger partial charge >= 0.3 is 0 Å². The molecular weight excluding hydrogens is 386 g/mol. The molecular formula is C19H16ClN3O3S. The van der Waals surface area contributed by atoms with Crippen molar-refractivity contribution in [3.8, 4) is 17.2 Å². The third-order valence-corrected chi connectivity index (χ3v) is 5.15. The van der Waals surface area contributed by atoms with Crippen LogP contribution in [0.15, 0.2) is 60.0 Å². The van der Waals surface area contributed by atoms with Gasteiger partial charge in [-0.1, -0.05) is 35.5 Å².